The highest BCUT2D eigenvalue weighted by molar-refractivity contribution is 5.86. The molecule has 0 saturated carbocycles. The second-order valence-electron chi connectivity index (χ2n) is 2.58. The molecular weight excluding hydrogens is 148 g/mol. The summed E-state index contributed by atoms with van der Waals surface area (Å²) in [6.45, 7) is 5.57. The largest absolute Gasteiger partial charge is 0.362 e. The second kappa shape index (κ2) is 3.72. The zero-order valence-corrected chi connectivity index (χ0v) is 7.09. The summed E-state index contributed by atoms with van der Waals surface area (Å²) in [5, 5.41) is 10.1. The van der Waals surface area contributed by atoms with Gasteiger partial charge in [-0.05, 0) is 25.3 Å². The highest BCUT2D eigenvalue weighted by Gasteiger charge is 1.96. The molecule has 0 bridgehead atoms. The molecule has 2 nitrogen and oxygen atoms in total. The van der Waals surface area contributed by atoms with E-state index in [1.54, 1.807) is 6.20 Å². The van der Waals surface area contributed by atoms with E-state index in [2.05, 4.69) is 11.9 Å². The molecule has 0 aliphatic heterocycles. The molecule has 0 aromatic heterocycles. The Hall–Kier alpha value is -1.57. The van der Waals surface area contributed by atoms with Crippen molar-refractivity contribution < 1.29 is 0 Å². The maximum Gasteiger partial charge on any atom is 0.0468 e. The van der Waals surface area contributed by atoms with E-state index in [4.69, 9.17) is 5.41 Å². The molecule has 1 aromatic rings. The van der Waals surface area contributed by atoms with Crippen molar-refractivity contribution in [3.05, 3.63) is 42.1 Å². The topological polar surface area (TPSA) is 35.9 Å². The van der Waals surface area contributed by atoms with Crippen LogP contribution < -0.4 is 5.32 Å². The standard InChI is InChI=1S/C10H12N2/c1-3-12-10-5-4-8(2)6-9(10)7-11/h3-7,11-12H,1H2,2H3. The van der Waals surface area contributed by atoms with E-state index in [1.165, 1.54) is 6.21 Å². The summed E-state index contributed by atoms with van der Waals surface area (Å²) >= 11 is 0. The molecule has 0 fully saturated rings. The van der Waals surface area contributed by atoms with Gasteiger partial charge in [-0.3, -0.25) is 0 Å². The van der Waals surface area contributed by atoms with E-state index in [9.17, 15) is 0 Å². The van der Waals surface area contributed by atoms with Crippen LogP contribution in [-0.2, 0) is 0 Å². The van der Waals surface area contributed by atoms with Crippen LogP contribution in [-0.4, -0.2) is 6.21 Å². The Bertz CT molecular complexity index is 303. The fourth-order valence-corrected chi connectivity index (χ4v) is 1.04. The molecule has 0 amide bonds. The fraction of sp³-hybridized carbons (Fsp3) is 0.100. The van der Waals surface area contributed by atoms with Gasteiger partial charge in [0.1, 0.15) is 0 Å². The molecule has 0 aliphatic rings. The Morgan fingerprint density at radius 2 is 2.25 bits per heavy atom. The predicted octanol–water partition coefficient (Wildman–Crippen LogP) is 2.55. The third kappa shape index (κ3) is 1.72. The lowest BCUT2D eigenvalue weighted by atomic mass is 10.1. The Morgan fingerprint density at radius 3 is 2.83 bits per heavy atom. The Morgan fingerprint density at radius 1 is 1.50 bits per heavy atom. The number of hydrogen-bond donors (Lipinski definition) is 2. The molecule has 62 valence electrons. The summed E-state index contributed by atoms with van der Waals surface area (Å²) in [6, 6.07) is 5.90. The minimum atomic E-state index is 0.884. The van der Waals surface area contributed by atoms with Gasteiger partial charge in [-0.1, -0.05) is 18.2 Å². The van der Waals surface area contributed by atoms with Gasteiger partial charge in [0, 0.05) is 17.5 Å². The van der Waals surface area contributed by atoms with Crippen LogP contribution in [0.25, 0.3) is 0 Å². The number of nitrogens with one attached hydrogen (secondary N) is 2. The molecule has 0 unspecified atom stereocenters. The first-order valence-electron chi connectivity index (χ1n) is 3.76. The van der Waals surface area contributed by atoms with Gasteiger partial charge in [0.25, 0.3) is 0 Å². The molecule has 1 aromatic carbocycles. The first-order valence-corrected chi connectivity index (χ1v) is 3.76. The smallest absolute Gasteiger partial charge is 0.0468 e. The summed E-state index contributed by atoms with van der Waals surface area (Å²) in [7, 11) is 0. The van der Waals surface area contributed by atoms with Crippen molar-refractivity contribution >= 4 is 11.9 Å². The van der Waals surface area contributed by atoms with Crippen molar-refractivity contribution in [1.82, 2.24) is 0 Å². The first-order chi connectivity index (χ1) is 5.77. The van der Waals surface area contributed by atoms with Gasteiger partial charge < -0.3 is 10.7 Å². The summed E-state index contributed by atoms with van der Waals surface area (Å²) in [4.78, 5) is 0. The zero-order chi connectivity index (χ0) is 8.97. The Labute approximate surface area is 72.4 Å². The molecular formula is C10H12N2. The summed E-state index contributed by atoms with van der Waals surface area (Å²) in [5.41, 5.74) is 2.96. The van der Waals surface area contributed by atoms with Crippen molar-refractivity contribution in [2.24, 2.45) is 0 Å². The average molecular weight is 160 g/mol. The van der Waals surface area contributed by atoms with Gasteiger partial charge in [0.2, 0.25) is 0 Å². The highest BCUT2D eigenvalue weighted by Crippen LogP contribution is 2.14. The first kappa shape index (κ1) is 8.53. The van der Waals surface area contributed by atoms with E-state index in [1.807, 2.05) is 25.1 Å². The normalized spacial score (nSPS) is 9.08. The molecule has 0 aliphatic carbocycles. The zero-order valence-electron chi connectivity index (χ0n) is 7.09. The van der Waals surface area contributed by atoms with Gasteiger partial charge >= 0.3 is 0 Å². The van der Waals surface area contributed by atoms with E-state index in [0.29, 0.717) is 0 Å². The van der Waals surface area contributed by atoms with Crippen LogP contribution in [0, 0.1) is 12.3 Å². The van der Waals surface area contributed by atoms with Crippen LogP contribution in [0.15, 0.2) is 31.0 Å². The number of anilines is 1. The molecule has 0 heterocycles. The van der Waals surface area contributed by atoms with Crippen LogP contribution in [0.3, 0.4) is 0 Å². The Kier molecular flexibility index (Phi) is 2.64. The number of aryl methyl sites for hydroxylation is 1. The summed E-state index contributed by atoms with van der Waals surface area (Å²) < 4.78 is 0. The second-order valence-corrected chi connectivity index (χ2v) is 2.58. The van der Waals surface area contributed by atoms with E-state index in [0.717, 1.165) is 16.8 Å². The maximum absolute atomic E-state index is 7.16. The van der Waals surface area contributed by atoms with Gasteiger partial charge in [0.05, 0.1) is 0 Å². The van der Waals surface area contributed by atoms with Crippen LogP contribution >= 0.6 is 0 Å². The summed E-state index contributed by atoms with van der Waals surface area (Å²) in [5.74, 6) is 0. The van der Waals surface area contributed by atoms with Crippen molar-refractivity contribution in [2.45, 2.75) is 6.92 Å². The average Bonchev–Trinajstić information content (AvgIpc) is 2.08. The predicted molar refractivity (Wildman–Crippen MR) is 52.9 cm³/mol. The van der Waals surface area contributed by atoms with Gasteiger partial charge in [-0.15, -0.1) is 0 Å². The maximum atomic E-state index is 7.16. The lowest BCUT2D eigenvalue weighted by Crippen LogP contribution is -1.93. The highest BCUT2D eigenvalue weighted by atomic mass is 14.8. The fourth-order valence-electron chi connectivity index (χ4n) is 1.04. The number of hydrogen-bond acceptors (Lipinski definition) is 2. The Balaban J connectivity index is 3.10. The number of benzene rings is 1. The molecule has 0 spiro atoms. The molecule has 0 saturated heterocycles. The lowest BCUT2D eigenvalue weighted by Gasteiger charge is -2.05. The number of rotatable bonds is 3. The molecule has 2 heteroatoms. The van der Waals surface area contributed by atoms with Gasteiger partial charge in [-0.25, -0.2) is 0 Å². The molecule has 0 radical (unpaired) electrons. The molecule has 1 rings (SSSR count). The van der Waals surface area contributed by atoms with Crippen molar-refractivity contribution in [2.75, 3.05) is 5.32 Å². The minimum absolute atomic E-state index is 0.884. The van der Waals surface area contributed by atoms with E-state index >= 15 is 0 Å². The van der Waals surface area contributed by atoms with Crippen LogP contribution in [0.4, 0.5) is 5.69 Å². The van der Waals surface area contributed by atoms with Gasteiger partial charge in [-0.2, -0.15) is 0 Å². The van der Waals surface area contributed by atoms with Crippen molar-refractivity contribution in [1.29, 1.82) is 5.41 Å². The van der Waals surface area contributed by atoms with E-state index < -0.39 is 0 Å². The van der Waals surface area contributed by atoms with Crippen LogP contribution in [0.5, 0.6) is 0 Å². The third-order valence-corrected chi connectivity index (χ3v) is 1.62. The van der Waals surface area contributed by atoms with Crippen LogP contribution in [0.2, 0.25) is 0 Å². The van der Waals surface area contributed by atoms with Crippen LogP contribution in [0.1, 0.15) is 11.1 Å². The quantitative estimate of drug-likeness (QED) is 0.655. The van der Waals surface area contributed by atoms with Crippen molar-refractivity contribution in [3.63, 3.8) is 0 Å². The molecule has 0 atom stereocenters. The lowest BCUT2D eigenvalue weighted by molar-refractivity contribution is 1.43. The summed E-state index contributed by atoms with van der Waals surface area (Å²) in [6.07, 6.45) is 2.94. The van der Waals surface area contributed by atoms with Gasteiger partial charge in [0.15, 0.2) is 0 Å². The molecule has 12 heavy (non-hydrogen) atoms. The van der Waals surface area contributed by atoms with E-state index in [-0.39, 0.29) is 0 Å². The SMILES string of the molecule is C=CNc1ccc(C)cc1C=N. The third-order valence-electron chi connectivity index (χ3n) is 1.62. The van der Waals surface area contributed by atoms with Crippen molar-refractivity contribution in [3.8, 4) is 0 Å². The molecule has 2 N–H and O–H groups in total. The minimum Gasteiger partial charge on any atom is -0.362 e. The monoisotopic (exact) mass is 160 g/mol.